The Kier molecular flexibility index (Phi) is 9.21. The largest absolute Gasteiger partial charge is 0.335 e. The van der Waals surface area contributed by atoms with Gasteiger partial charge in [0.05, 0.1) is 0 Å². The third kappa shape index (κ3) is 5.12. The van der Waals surface area contributed by atoms with Crippen LogP contribution < -0.4 is 5.73 Å². The molecule has 0 aliphatic carbocycles. The van der Waals surface area contributed by atoms with Gasteiger partial charge < -0.3 is 10.6 Å². The maximum atomic E-state index is 12.1. The summed E-state index contributed by atoms with van der Waals surface area (Å²) in [4.78, 5) is 18.0. The first-order chi connectivity index (χ1) is 8.81. The summed E-state index contributed by atoms with van der Waals surface area (Å²) in [7, 11) is 0. The zero-order chi connectivity index (χ0) is 12.8. The summed E-state index contributed by atoms with van der Waals surface area (Å²) in [5, 5.41) is 0. The maximum Gasteiger partial charge on any atom is 0.246 e. The first-order valence-corrected chi connectivity index (χ1v) is 6.40. The number of amides is 1. The summed E-state index contributed by atoms with van der Waals surface area (Å²) in [6, 6.07) is 3.98. The zero-order valence-corrected chi connectivity index (χ0v) is 12.9. The predicted octanol–water partition coefficient (Wildman–Crippen LogP) is 2.28. The number of hydrogen-bond donors (Lipinski definition) is 1. The van der Waals surface area contributed by atoms with Crippen LogP contribution in [0.15, 0.2) is 30.6 Å². The molecule has 1 aliphatic rings. The Bertz CT molecular complexity index is 426. The number of halogens is 2. The van der Waals surface area contributed by atoms with Crippen molar-refractivity contribution in [1.82, 2.24) is 9.88 Å². The van der Waals surface area contributed by atoms with E-state index in [-0.39, 0.29) is 36.8 Å². The van der Waals surface area contributed by atoms with Crippen LogP contribution in [-0.4, -0.2) is 34.9 Å². The molecule has 0 radical (unpaired) electrons. The van der Waals surface area contributed by atoms with Crippen LogP contribution >= 0.6 is 24.8 Å². The van der Waals surface area contributed by atoms with E-state index in [1.807, 2.05) is 17.0 Å². The van der Waals surface area contributed by atoms with Crippen LogP contribution in [0.25, 0.3) is 6.08 Å². The Balaban J connectivity index is 0.00000180. The van der Waals surface area contributed by atoms with Crippen molar-refractivity contribution in [3.8, 4) is 0 Å². The van der Waals surface area contributed by atoms with Crippen molar-refractivity contribution in [1.29, 1.82) is 0 Å². The molecular weight excluding hydrogens is 297 g/mol. The summed E-state index contributed by atoms with van der Waals surface area (Å²) in [6.45, 7) is 1.37. The van der Waals surface area contributed by atoms with Crippen LogP contribution in [0.2, 0.25) is 0 Å². The van der Waals surface area contributed by atoms with Crippen LogP contribution in [0.3, 0.4) is 0 Å². The van der Waals surface area contributed by atoms with E-state index in [1.165, 1.54) is 0 Å². The topological polar surface area (TPSA) is 59.2 Å². The maximum absolute atomic E-state index is 12.1. The van der Waals surface area contributed by atoms with Gasteiger partial charge in [0.15, 0.2) is 0 Å². The van der Waals surface area contributed by atoms with Crippen molar-refractivity contribution in [2.45, 2.75) is 25.3 Å². The number of likely N-dealkylation sites (tertiary alicyclic amines) is 1. The van der Waals surface area contributed by atoms with E-state index in [4.69, 9.17) is 5.73 Å². The van der Waals surface area contributed by atoms with E-state index in [0.29, 0.717) is 6.54 Å². The number of piperidine rings is 1. The van der Waals surface area contributed by atoms with Crippen LogP contribution in [0.1, 0.15) is 24.8 Å². The first-order valence-electron chi connectivity index (χ1n) is 6.40. The molecule has 1 aromatic rings. The second kappa shape index (κ2) is 9.75. The number of pyridine rings is 1. The summed E-state index contributed by atoms with van der Waals surface area (Å²) in [5.74, 6) is 0.0500. The molecule has 0 spiro atoms. The van der Waals surface area contributed by atoms with Gasteiger partial charge in [-0.25, -0.2) is 0 Å². The minimum atomic E-state index is 0. The lowest BCUT2D eigenvalue weighted by Crippen LogP contribution is -2.46. The van der Waals surface area contributed by atoms with E-state index in [1.54, 1.807) is 24.5 Å². The molecule has 6 heteroatoms. The molecule has 1 amide bonds. The second-order valence-electron chi connectivity index (χ2n) is 4.54. The highest BCUT2D eigenvalue weighted by molar-refractivity contribution is 5.92. The summed E-state index contributed by atoms with van der Waals surface area (Å²) in [5.41, 5.74) is 6.65. The molecule has 1 unspecified atom stereocenters. The molecule has 0 saturated carbocycles. The van der Waals surface area contributed by atoms with Crippen LogP contribution in [0.5, 0.6) is 0 Å². The molecule has 1 aromatic heterocycles. The number of aromatic nitrogens is 1. The van der Waals surface area contributed by atoms with Gasteiger partial charge in [-0.15, -0.1) is 24.8 Å². The highest BCUT2D eigenvalue weighted by Gasteiger charge is 2.23. The standard InChI is InChI=1S/C14H19N3O.2ClH/c15-10-13-5-1-2-9-17(13)14(18)7-6-12-4-3-8-16-11-12;;/h3-4,6-8,11,13H,1-2,5,9-10,15H2;2*1H/b7-6+;;. The van der Waals surface area contributed by atoms with Crippen LogP contribution in [0, 0.1) is 0 Å². The van der Waals surface area contributed by atoms with Crippen LogP contribution in [-0.2, 0) is 4.79 Å². The van der Waals surface area contributed by atoms with Crippen molar-refractivity contribution < 1.29 is 4.79 Å². The molecule has 2 heterocycles. The fraction of sp³-hybridized carbons (Fsp3) is 0.429. The normalized spacial score (nSPS) is 18.2. The van der Waals surface area contributed by atoms with Gasteiger partial charge in [0, 0.05) is 37.6 Å². The Labute approximate surface area is 132 Å². The van der Waals surface area contributed by atoms with E-state index in [0.717, 1.165) is 31.4 Å². The van der Waals surface area contributed by atoms with Crippen molar-refractivity contribution >= 4 is 36.8 Å². The van der Waals surface area contributed by atoms with Gasteiger partial charge in [-0.3, -0.25) is 9.78 Å². The molecule has 1 atom stereocenters. The monoisotopic (exact) mass is 317 g/mol. The third-order valence-electron chi connectivity index (χ3n) is 3.29. The average Bonchev–Trinajstić information content (AvgIpc) is 2.45. The molecule has 0 bridgehead atoms. The van der Waals surface area contributed by atoms with Gasteiger partial charge in [0.1, 0.15) is 0 Å². The zero-order valence-electron chi connectivity index (χ0n) is 11.3. The fourth-order valence-electron chi connectivity index (χ4n) is 2.27. The molecule has 1 saturated heterocycles. The molecule has 2 rings (SSSR count). The number of hydrogen-bond acceptors (Lipinski definition) is 3. The van der Waals surface area contributed by atoms with Crippen LogP contribution in [0.4, 0.5) is 0 Å². The number of nitrogens with zero attached hydrogens (tertiary/aromatic N) is 2. The Morgan fingerprint density at radius 1 is 1.45 bits per heavy atom. The lowest BCUT2D eigenvalue weighted by molar-refractivity contribution is -0.129. The highest BCUT2D eigenvalue weighted by Crippen LogP contribution is 2.16. The fourth-order valence-corrected chi connectivity index (χ4v) is 2.27. The molecule has 20 heavy (non-hydrogen) atoms. The van der Waals surface area contributed by atoms with E-state index in [2.05, 4.69) is 4.98 Å². The van der Waals surface area contributed by atoms with Crippen molar-refractivity contribution in [3.63, 3.8) is 0 Å². The van der Waals surface area contributed by atoms with Gasteiger partial charge in [-0.05, 0) is 37.0 Å². The van der Waals surface area contributed by atoms with Crippen molar-refractivity contribution in [3.05, 3.63) is 36.2 Å². The van der Waals surface area contributed by atoms with Crippen molar-refractivity contribution in [2.75, 3.05) is 13.1 Å². The number of carbonyl (C=O) groups excluding carboxylic acids is 1. The summed E-state index contributed by atoms with van der Waals surface area (Å²) in [6.07, 6.45) is 10.1. The van der Waals surface area contributed by atoms with Gasteiger partial charge in [0.2, 0.25) is 5.91 Å². The molecule has 1 fully saturated rings. The third-order valence-corrected chi connectivity index (χ3v) is 3.29. The smallest absolute Gasteiger partial charge is 0.246 e. The highest BCUT2D eigenvalue weighted by atomic mass is 35.5. The molecule has 112 valence electrons. The lowest BCUT2D eigenvalue weighted by atomic mass is 10.0. The van der Waals surface area contributed by atoms with Gasteiger partial charge in [-0.1, -0.05) is 6.07 Å². The SMILES string of the molecule is Cl.Cl.NCC1CCCCN1C(=O)/C=C/c1cccnc1. The molecule has 1 aliphatic heterocycles. The molecule has 0 aromatic carbocycles. The number of carbonyl (C=O) groups is 1. The summed E-state index contributed by atoms with van der Waals surface area (Å²) < 4.78 is 0. The summed E-state index contributed by atoms with van der Waals surface area (Å²) >= 11 is 0. The Morgan fingerprint density at radius 3 is 2.90 bits per heavy atom. The van der Waals surface area contributed by atoms with Gasteiger partial charge >= 0.3 is 0 Å². The molecule has 4 nitrogen and oxygen atoms in total. The van der Waals surface area contributed by atoms with E-state index < -0.39 is 0 Å². The average molecular weight is 318 g/mol. The second-order valence-corrected chi connectivity index (χ2v) is 4.54. The minimum absolute atomic E-state index is 0. The van der Waals surface area contributed by atoms with E-state index >= 15 is 0 Å². The van der Waals surface area contributed by atoms with Crippen molar-refractivity contribution in [2.24, 2.45) is 5.73 Å². The lowest BCUT2D eigenvalue weighted by Gasteiger charge is -2.34. The van der Waals surface area contributed by atoms with Gasteiger partial charge in [-0.2, -0.15) is 0 Å². The molecule has 2 N–H and O–H groups in total. The molecular formula is C14H21Cl2N3O. The predicted molar refractivity (Wildman–Crippen MR) is 86.2 cm³/mol. The van der Waals surface area contributed by atoms with E-state index in [9.17, 15) is 4.79 Å². The first kappa shape index (κ1) is 18.9. The Morgan fingerprint density at radius 2 is 2.25 bits per heavy atom. The number of rotatable bonds is 3. The number of nitrogens with two attached hydrogens (primary N) is 1. The quantitative estimate of drug-likeness (QED) is 0.870. The Hall–Kier alpha value is -1.10. The van der Waals surface area contributed by atoms with Gasteiger partial charge in [0.25, 0.3) is 0 Å². The minimum Gasteiger partial charge on any atom is -0.335 e.